The Morgan fingerprint density at radius 1 is 1.15 bits per heavy atom. The average Bonchev–Trinajstić information content (AvgIpc) is 2.15. The zero-order valence-corrected chi connectivity index (χ0v) is 8.91. The Labute approximate surface area is 82.5 Å². The van der Waals surface area contributed by atoms with Gasteiger partial charge in [0.25, 0.3) is 0 Å². The minimum atomic E-state index is -1.22. The van der Waals surface area contributed by atoms with E-state index in [9.17, 15) is 15.3 Å². The molecule has 13 heavy (non-hydrogen) atoms. The van der Waals surface area contributed by atoms with Crippen LogP contribution in [-0.2, 0) is 4.74 Å². The SMILES string of the molecule is C[Se][C@@H]1O[C@H](CO)[C@H](O)[C@H](O)[C@H]1O. The third-order valence-corrected chi connectivity index (χ3v) is 3.87. The summed E-state index contributed by atoms with van der Waals surface area (Å²) in [5.74, 6) is 1.86. The van der Waals surface area contributed by atoms with Gasteiger partial charge in [0.15, 0.2) is 0 Å². The Morgan fingerprint density at radius 3 is 2.23 bits per heavy atom. The van der Waals surface area contributed by atoms with E-state index in [4.69, 9.17) is 9.84 Å². The summed E-state index contributed by atoms with van der Waals surface area (Å²) in [5.41, 5.74) is 0. The average molecular weight is 257 g/mol. The molecule has 0 saturated carbocycles. The van der Waals surface area contributed by atoms with Crippen LogP contribution in [-0.4, -0.2) is 71.4 Å². The number of hydrogen-bond acceptors (Lipinski definition) is 5. The van der Waals surface area contributed by atoms with Crippen molar-refractivity contribution in [3.8, 4) is 0 Å². The van der Waals surface area contributed by atoms with Crippen molar-refractivity contribution >= 4 is 15.0 Å². The van der Waals surface area contributed by atoms with Gasteiger partial charge in [0, 0.05) is 0 Å². The van der Waals surface area contributed by atoms with Crippen LogP contribution in [0.25, 0.3) is 0 Å². The first kappa shape index (κ1) is 11.4. The van der Waals surface area contributed by atoms with Gasteiger partial charge in [-0.2, -0.15) is 0 Å². The Bertz CT molecular complexity index is 147. The normalized spacial score (nSPS) is 46.4. The second-order valence-corrected chi connectivity index (χ2v) is 4.90. The number of hydrogen-bond donors (Lipinski definition) is 4. The van der Waals surface area contributed by atoms with Crippen molar-refractivity contribution in [1.29, 1.82) is 0 Å². The fourth-order valence-corrected chi connectivity index (χ4v) is 2.72. The zero-order chi connectivity index (χ0) is 10.0. The van der Waals surface area contributed by atoms with Crippen LogP contribution < -0.4 is 0 Å². The van der Waals surface area contributed by atoms with Crippen LogP contribution in [0.1, 0.15) is 0 Å². The molecule has 0 radical (unpaired) electrons. The molecule has 1 fully saturated rings. The fourth-order valence-electron chi connectivity index (χ4n) is 1.26. The van der Waals surface area contributed by atoms with E-state index in [-0.39, 0.29) is 21.6 Å². The van der Waals surface area contributed by atoms with Gasteiger partial charge in [-0.05, 0) is 0 Å². The molecule has 1 heterocycles. The Balaban J connectivity index is 2.66. The van der Waals surface area contributed by atoms with Crippen LogP contribution in [0.2, 0.25) is 5.82 Å². The molecule has 0 amide bonds. The molecule has 0 aromatic heterocycles. The Kier molecular flexibility index (Phi) is 4.12. The zero-order valence-electron chi connectivity index (χ0n) is 7.20. The minimum absolute atomic E-state index is 0.00789. The van der Waals surface area contributed by atoms with Gasteiger partial charge in [0.1, 0.15) is 0 Å². The molecule has 1 rings (SSSR count). The maximum atomic E-state index is 9.42. The Hall–Kier alpha value is 0.319. The third kappa shape index (κ3) is 2.22. The molecule has 0 aromatic carbocycles. The Morgan fingerprint density at radius 2 is 1.77 bits per heavy atom. The van der Waals surface area contributed by atoms with Crippen LogP contribution in [0.3, 0.4) is 0 Å². The summed E-state index contributed by atoms with van der Waals surface area (Å²) >= 11 is 0.00789. The summed E-state index contributed by atoms with van der Waals surface area (Å²) in [5, 5.41) is 36.5. The molecule has 1 saturated heterocycles. The molecule has 78 valence electrons. The van der Waals surface area contributed by atoms with Crippen molar-refractivity contribution in [2.75, 3.05) is 6.61 Å². The van der Waals surface area contributed by atoms with E-state index >= 15 is 0 Å². The molecule has 6 heteroatoms. The molecule has 0 aromatic rings. The van der Waals surface area contributed by atoms with Gasteiger partial charge >= 0.3 is 82.0 Å². The molecular formula is C7H14O5Se. The van der Waals surface area contributed by atoms with Crippen molar-refractivity contribution in [3.63, 3.8) is 0 Å². The molecule has 0 spiro atoms. The maximum absolute atomic E-state index is 9.42. The van der Waals surface area contributed by atoms with Gasteiger partial charge in [-0.25, -0.2) is 0 Å². The van der Waals surface area contributed by atoms with E-state index in [2.05, 4.69) is 0 Å². The molecule has 5 nitrogen and oxygen atoms in total. The molecule has 0 aliphatic carbocycles. The first-order valence-corrected chi connectivity index (χ1v) is 6.65. The van der Waals surface area contributed by atoms with Crippen molar-refractivity contribution in [2.45, 2.75) is 35.2 Å². The van der Waals surface area contributed by atoms with Gasteiger partial charge in [-0.3, -0.25) is 0 Å². The van der Waals surface area contributed by atoms with Crippen LogP contribution in [0, 0.1) is 0 Å². The first-order chi connectivity index (χ1) is 6.11. The summed E-state index contributed by atoms with van der Waals surface area (Å²) in [6.07, 6.45) is -4.27. The van der Waals surface area contributed by atoms with Crippen molar-refractivity contribution in [2.24, 2.45) is 0 Å². The molecule has 5 atom stereocenters. The van der Waals surface area contributed by atoms with Crippen molar-refractivity contribution in [1.82, 2.24) is 0 Å². The molecule has 0 bridgehead atoms. The predicted octanol–water partition coefficient (Wildman–Crippen LogP) is -2.46. The van der Waals surface area contributed by atoms with Gasteiger partial charge in [-0.1, -0.05) is 0 Å². The fraction of sp³-hybridized carbons (Fsp3) is 1.00. The van der Waals surface area contributed by atoms with E-state index in [1.54, 1.807) is 0 Å². The third-order valence-electron chi connectivity index (χ3n) is 2.08. The topological polar surface area (TPSA) is 90.2 Å². The molecule has 4 N–H and O–H groups in total. The number of aliphatic hydroxyl groups is 4. The number of aliphatic hydroxyl groups excluding tert-OH is 4. The number of rotatable bonds is 2. The molecule has 1 aliphatic rings. The summed E-state index contributed by atoms with van der Waals surface area (Å²) in [6, 6.07) is 0. The van der Waals surface area contributed by atoms with Crippen LogP contribution in [0.5, 0.6) is 0 Å². The second-order valence-electron chi connectivity index (χ2n) is 2.93. The monoisotopic (exact) mass is 258 g/mol. The van der Waals surface area contributed by atoms with E-state index in [0.29, 0.717) is 0 Å². The molecule has 0 unspecified atom stereocenters. The van der Waals surface area contributed by atoms with Gasteiger partial charge < -0.3 is 0 Å². The predicted molar refractivity (Wildman–Crippen MR) is 45.4 cm³/mol. The van der Waals surface area contributed by atoms with Crippen LogP contribution >= 0.6 is 0 Å². The second kappa shape index (κ2) is 4.70. The van der Waals surface area contributed by atoms with Crippen molar-refractivity contribution in [3.05, 3.63) is 0 Å². The molecule has 1 aliphatic heterocycles. The van der Waals surface area contributed by atoms with Gasteiger partial charge in [0.05, 0.1) is 0 Å². The quantitative estimate of drug-likeness (QED) is 0.412. The standard InChI is InChI=1S/C7H14O5Se/c1-13-7-6(11)5(10)4(9)3(2-8)12-7/h3-11H,2H2,1H3/t3-,4+,5+,6-,7+/m1/s1. The van der Waals surface area contributed by atoms with Crippen LogP contribution in [0.15, 0.2) is 0 Å². The van der Waals surface area contributed by atoms with Crippen LogP contribution in [0.4, 0.5) is 0 Å². The van der Waals surface area contributed by atoms with E-state index in [1.807, 2.05) is 5.82 Å². The van der Waals surface area contributed by atoms with Crippen molar-refractivity contribution < 1.29 is 25.2 Å². The number of ether oxygens (including phenoxy) is 1. The van der Waals surface area contributed by atoms with Gasteiger partial charge in [0.2, 0.25) is 0 Å². The van der Waals surface area contributed by atoms with E-state index in [1.165, 1.54) is 0 Å². The first-order valence-electron chi connectivity index (χ1n) is 3.95. The summed E-state index contributed by atoms with van der Waals surface area (Å²) in [4.78, 5) is 0. The summed E-state index contributed by atoms with van der Waals surface area (Å²) in [7, 11) is 0. The summed E-state index contributed by atoms with van der Waals surface area (Å²) in [6.45, 7) is -0.350. The molecular weight excluding hydrogens is 243 g/mol. The van der Waals surface area contributed by atoms with Gasteiger partial charge in [-0.15, -0.1) is 0 Å². The van der Waals surface area contributed by atoms with E-state index in [0.717, 1.165) is 0 Å². The summed E-state index contributed by atoms with van der Waals surface area (Å²) < 4.78 is 5.20. The van der Waals surface area contributed by atoms with E-state index < -0.39 is 29.4 Å².